The summed E-state index contributed by atoms with van der Waals surface area (Å²) in [5, 5.41) is 1.22. The Labute approximate surface area is 198 Å². The van der Waals surface area contributed by atoms with Gasteiger partial charge in [0.15, 0.2) is 0 Å². The molecule has 5 nitrogen and oxygen atoms in total. The number of amides is 1. The first-order valence-corrected chi connectivity index (χ1v) is 12.2. The van der Waals surface area contributed by atoms with Gasteiger partial charge < -0.3 is 14.8 Å². The Morgan fingerprint density at radius 2 is 1.70 bits per heavy atom. The van der Waals surface area contributed by atoms with E-state index in [0.717, 1.165) is 57.4 Å². The standard InChI is InChI=1S/C28H38N4O/c1-30(2)28(24-10-5-4-6-11-24)16-20-32(21-17-28)19-9-18-31(3)27(33)15-14-23-22-29-26-13-8-7-12-25(23)26/h4-8,10-13,22,29H,9,14-21H2,1-3H3. The summed E-state index contributed by atoms with van der Waals surface area (Å²) in [5.74, 6) is 0.231. The fourth-order valence-corrected chi connectivity index (χ4v) is 5.32. The van der Waals surface area contributed by atoms with Crippen molar-refractivity contribution in [2.24, 2.45) is 0 Å². The van der Waals surface area contributed by atoms with Gasteiger partial charge in [-0.15, -0.1) is 0 Å². The van der Waals surface area contributed by atoms with E-state index in [1.165, 1.54) is 16.5 Å². The summed E-state index contributed by atoms with van der Waals surface area (Å²) < 4.78 is 0. The minimum atomic E-state index is 0.132. The van der Waals surface area contributed by atoms with Gasteiger partial charge >= 0.3 is 0 Å². The number of likely N-dealkylation sites (tertiary alicyclic amines) is 1. The highest BCUT2D eigenvalue weighted by atomic mass is 16.2. The molecule has 0 atom stereocenters. The first-order chi connectivity index (χ1) is 16.0. The number of nitrogens with one attached hydrogen (secondary N) is 1. The first kappa shape index (κ1) is 23.5. The number of fused-ring (bicyclic) bond motifs is 1. The molecular formula is C28H38N4O. The quantitative estimate of drug-likeness (QED) is 0.526. The third-order valence-electron chi connectivity index (χ3n) is 7.53. The van der Waals surface area contributed by atoms with Gasteiger partial charge in [-0.2, -0.15) is 0 Å². The Morgan fingerprint density at radius 3 is 2.42 bits per heavy atom. The first-order valence-electron chi connectivity index (χ1n) is 12.2. The second-order valence-corrected chi connectivity index (χ2v) is 9.66. The molecule has 0 unspecified atom stereocenters. The molecule has 176 valence electrons. The van der Waals surface area contributed by atoms with Gasteiger partial charge in [-0.05, 0) is 63.5 Å². The van der Waals surface area contributed by atoms with Crippen LogP contribution in [0.5, 0.6) is 0 Å². The maximum Gasteiger partial charge on any atom is 0.222 e. The van der Waals surface area contributed by atoms with Crippen LogP contribution in [0.25, 0.3) is 10.9 Å². The van der Waals surface area contributed by atoms with Crippen LogP contribution < -0.4 is 0 Å². The smallest absolute Gasteiger partial charge is 0.222 e. The number of aryl methyl sites for hydroxylation is 1. The van der Waals surface area contributed by atoms with Crippen molar-refractivity contribution in [2.45, 2.75) is 37.6 Å². The van der Waals surface area contributed by atoms with Crippen LogP contribution in [-0.2, 0) is 16.8 Å². The van der Waals surface area contributed by atoms with E-state index in [9.17, 15) is 4.79 Å². The molecule has 5 heteroatoms. The van der Waals surface area contributed by atoms with E-state index < -0.39 is 0 Å². The average Bonchev–Trinajstić information content (AvgIpc) is 3.26. The monoisotopic (exact) mass is 446 g/mol. The number of aromatic nitrogens is 1. The summed E-state index contributed by atoms with van der Waals surface area (Å²) in [5.41, 5.74) is 3.92. The molecule has 2 aromatic carbocycles. The third kappa shape index (κ3) is 5.31. The van der Waals surface area contributed by atoms with Crippen LogP contribution in [0.4, 0.5) is 0 Å². The Morgan fingerprint density at radius 1 is 1.00 bits per heavy atom. The predicted molar refractivity (Wildman–Crippen MR) is 136 cm³/mol. The fraction of sp³-hybridized carbons (Fsp3) is 0.464. The van der Waals surface area contributed by atoms with Gasteiger partial charge in [0.2, 0.25) is 5.91 Å². The molecule has 1 aliphatic rings. The Kier molecular flexibility index (Phi) is 7.51. The number of carbonyl (C=O) groups excluding carboxylic acids is 1. The molecule has 0 saturated carbocycles. The minimum Gasteiger partial charge on any atom is -0.361 e. The molecule has 1 aromatic heterocycles. The lowest BCUT2D eigenvalue weighted by atomic mass is 9.80. The van der Waals surface area contributed by atoms with E-state index in [1.807, 2.05) is 24.2 Å². The number of piperidine rings is 1. The molecular weight excluding hydrogens is 408 g/mol. The number of hydrogen-bond acceptors (Lipinski definition) is 3. The second-order valence-electron chi connectivity index (χ2n) is 9.66. The lowest BCUT2D eigenvalue weighted by Crippen LogP contribution is -2.50. The van der Waals surface area contributed by atoms with E-state index >= 15 is 0 Å². The van der Waals surface area contributed by atoms with Crippen LogP contribution in [0.1, 0.15) is 36.8 Å². The summed E-state index contributed by atoms with van der Waals surface area (Å²) in [6.45, 7) is 4.08. The lowest BCUT2D eigenvalue weighted by Gasteiger charge is -2.46. The zero-order chi connectivity index (χ0) is 23.3. The Bertz CT molecular complexity index is 1030. The van der Waals surface area contributed by atoms with Crippen LogP contribution in [0.2, 0.25) is 0 Å². The highest BCUT2D eigenvalue weighted by molar-refractivity contribution is 5.84. The van der Waals surface area contributed by atoms with Gasteiger partial charge in [0, 0.05) is 55.7 Å². The summed E-state index contributed by atoms with van der Waals surface area (Å²) in [6, 6.07) is 19.2. The van der Waals surface area contributed by atoms with Crippen molar-refractivity contribution >= 4 is 16.8 Å². The van der Waals surface area contributed by atoms with Gasteiger partial charge in [-0.1, -0.05) is 48.5 Å². The average molecular weight is 447 g/mol. The summed E-state index contributed by atoms with van der Waals surface area (Å²) in [7, 11) is 6.36. The Hall–Kier alpha value is -2.63. The molecule has 1 aliphatic heterocycles. The van der Waals surface area contributed by atoms with E-state index in [0.29, 0.717) is 6.42 Å². The van der Waals surface area contributed by atoms with Crippen molar-refractivity contribution < 1.29 is 4.79 Å². The molecule has 1 amide bonds. The number of benzene rings is 2. The van der Waals surface area contributed by atoms with Gasteiger partial charge in [0.1, 0.15) is 0 Å². The maximum absolute atomic E-state index is 12.7. The van der Waals surface area contributed by atoms with Crippen LogP contribution >= 0.6 is 0 Å². The van der Waals surface area contributed by atoms with Crippen molar-refractivity contribution in [1.29, 1.82) is 0 Å². The van der Waals surface area contributed by atoms with Gasteiger partial charge in [0.25, 0.3) is 0 Å². The number of hydrogen-bond donors (Lipinski definition) is 1. The van der Waals surface area contributed by atoms with E-state index in [-0.39, 0.29) is 11.4 Å². The summed E-state index contributed by atoms with van der Waals surface area (Å²) in [4.78, 5) is 22.8. The minimum absolute atomic E-state index is 0.132. The third-order valence-corrected chi connectivity index (χ3v) is 7.53. The molecule has 33 heavy (non-hydrogen) atoms. The normalized spacial score (nSPS) is 16.4. The Balaban J connectivity index is 1.21. The highest BCUT2D eigenvalue weighted by Gasteiger charge is 2.37. The van der Waals surface area contributed by atoms with Crippen LogP contribution in [0, 0.1) is 0 Å². The fourth-order valence-electron chi connectivity index (χ4n) is 5.32. The SMILES string of the molecule is CN(CCCN1CCC(c2ccccc2)(N(C)C)CC1)C(=O)CCc1c[nH]c2ccccc12. The summed E-state index contributed by atoms with van der Waals surface area (Å²) in [6.07, 6.45) is 6.69. The molecule has 0 aliphatic carbocycles. The van der Waals surface area contributed by atoms with E-state index in [4.69, 9.17) is 0 Å². The number of carbonyl (C=O) groups is 1. The van der Waals surface area contributed by atoms with Gasteiger partial charge in [-0.3, -0.25) is 9.69 Å². The molecule has 0 radical (unpaired) electrons. The molecule has 0 spiro atoms. The lowest BCUT2D eigenvalue weighted by molar-refractivity contribution is -0.129. The van der Waals surface area contributed by atoms with Gasteiger partial charge in [-0.25, -0.2) is 0 Å². The van der Waals surface area contributed by atoms with Crippen molar-refractivity contribution in [3.05, 3.63) is 71.9 Å². The van der Waals surface area contributed by atoms with Crippen LogP contribution in [0.15, 0.2) is 60.8 Å². The molecule has 1 saturated heterocycles. The second kappa shape index (κ2) is 10.5. The van der Waals surface area contributed by atoms with Gasteiger partial charge in [0.05, 0.1) is 0 Å². The van der Waals surface area contributed by atoms with E-state index in [2.05, 4.69) is 77.4 Å². The van der Waals surface area contributed by atoms with Crippen molar-refractivity contribution in [3.63, 3.8) is 0 Å². The number of nitrogens with zero attached hydrogens (tertiary/aromatic N) is 3. The zero-order valence-corrected chi connectivity index (χ0v) is 20.4. The largest absolute Gasteiger partial charge is 0.361 e. The van der Waals surface area contributed by atoms with E-state index in [1.54, 1.807) is 0 Å². The topological polar surface area (TPSA) is 42.6 Å². The summed E-state index contributed by atoms with van der Waals surface area (Å²) >= 11 is 0. The molecule has 1 fully saturated rings. The van der Waals surface area contributed by atoms with Crippen molar-refractivity contribution in [2.75, 3.05) is 47.3 Å². The number of aromatic amines is 1. The molecule has 1 N–H and O–H groups in total. The van der Waals surface area contributed by atoms with Crippen molar-refractivity contribution in [1.82, 2.24) is 19.7 Å². The van der Waals surface area contributed by atoms with Crippen LogP contribution in [-0.4, -0.2) is 72.9 Å². The zero-order valence-electron chi connectivity index (χ0n) is 20.4. The molecule has 4 rings (SSSR count). The molecule has 2 heterocycles. The maximum atomic E-state index is 12.7. The van der Waals surface area contributed by atoms with Crippen molar-refractivity contribution in [3.8, 4) is 0 Å². The number of para-hydroxylation sites is 1. The number of H-pyrrole nitrogens is 1. The molecule has 0 bridgehead atoms. The predicted octanol–water partition coefficient (Wildman–Crippen LogP) is 4.50. The highest BCUT2D eigenvalue weighted by Crippen LogP contribution is 2.37. The van der Waals surface area contributed by atoms with Crippen LogP contribution in [0.3, 0.4) is 0 Å². The number of rotatable bonds is 9. The molecule has 3 aromatic rings.